The fourth-order valence-corrected chi connectivity index (χ4v) is 4.36. The van der Waals surface area contributed by atoms with Crippen molar-refractivity contribution in [3.05, 3.63) is 71.8 Å². The van der Waals surface area contributed by atoms with Crippen LogP contribution in [0.5, 0.6) is 0 Å². The molecule has 1 unspecified atom stereocenters. The van der Waals surface area contributed by atoms with Crippen molar-refractivity contribution >= 4 is 23.2 Å². The van der Waals surface area contributed by atoms with Crippen LogP contribution in [0.15, 0.2) is 55.1 Å². The number of likely N-dealkylation sites (tertiary alicyclic amines) is 1. The number of rotatable bonds is 4. The largest absolute Gasteiger partial charge is 0.416 e. The van der Waals surface area contributed by atoms with Crippen LogP contribution in [0.1, 0.15) is 23.1 Å². The van der Waals surface area contributed by atoms with Gasteiger partial charge >= 0.3 is 6.18 Å². The molecule has 0 aliphatic carbocycles. The third-order valence-corrected chi connectivity index (χ3v) is 6.09. The number of alkyl halides is 3. The molecule has 0 spiro atoms. The van der Waals surface area contributed by atoms with Gasteiger partial charge in [0.25, 0.3) is 0 Å². The van der Waals surface area contributed by atoms with Crippen LogP contribution in [0.25, 0.3) is 0 Å². The number of halogens is 3. The number of fused-ring (bicyclic) bond motifs is 1. The van der Waals surface area contributed by atoms with Crippen molar-refractivity contribution in [2.45, 2.75) is 25.6 Å². The maximum atomic E-state index is 13.0. The predicted molar refractivity (Wildman–Crippen MR) is 115 cm³/mol. The van der Waals surface area contributed by atoms with E-state index in [1.165, 1.54) is 18.2 Å². The molecular weight excluding hydrogens is 419 g/mol. The zero-order chi connectivity index (χ0) is 22.9. The molecule has 1 N–H and O–H groups in total. The molecule has 1 fully saturated rings. The van der Waals surface area contributed by atoms with Crippen LogP contribution in [0, 0.1) is 5.92 Å². The van der Waals surface area contributed by atoms with Crippen LogP contribution in [0.2, 0.25) is 0 Å². The summed E-state index contributed by atoms with van der Waals surface area (Å²) in [5.74, 6) is -0.298. The fraction of sp³-hybridized carbons (Fsp3) is 0.333. The zero-order valence-corrected chi connectivity index (χ0v) is 17.5. The fourth-order valence-electron chi connectivity index (χ4n) is 4.36. The minimum absolute atomic E-state index is 0.0520. The van der Waals surface area contributed by atoms with Gasteiger partial charge < -0.3 is 15.1 Å². The van der Waals surface area contributed by atoms with Gasteiger partial charge in [-0.15, -0.1) is 0 Å². The molecule has 0 aromatic heterocycles. The normalized spacial score (nSPS) is 18.3. The van der Waals surface area contributed by atoms with Crippen molar-refractivity contribution in [1.29, 1.82) is 0 Å². The number of nitrogens with zero attached hydrogens (tertiary/aromatic N) is 2. The minimum Gasteiger partial charge on any atom is -0.355 e. The van der Waals surface area contributed by atoms with Gasteiger partial charge in [0.15, 0.2) is 0 Å². The summed E-state index contributed by atoms with van der Waals surface area (Å²) in [5, 5.41) is 3.21. The lowest BCUT2D eigenvalue weighted by molar-refractivity contribution is -0.138. The molecule has 2 aromatic rings. The number of hydrogen-bond acceptors (Lipinski definition) is 3. The summed E-state index contributed by atoms with van der Waals surface area (Å²) in [6.07, 6.45) is -1.80. The van der Waals surface area contributed by atoms with E-state index in [4.69, 9.17) is 0 Å². The van der Waals surface area contributed by atoms with E-state index in [0.717, 1.165) is 28.9 Å². The second-order valence-electron chi connectivity index (χ2n) is 8.13. The monoisotopic (exact) mass is 443 g/mol. The molecule has 5 nitrogen and oxygen atoms in total. The van der Waals surface area contributed by atoms with E-state index in [2.05, 4.69) is 11.9 Å². The maximum Gasteiger partial charge on any atom is 0.416 e. The third kappa shape index (κ3) is 4.49. The lowest BCUT2D eigenvalue weighted by Crippen LogP contribution is -2.41. The van der Waals surface area contributed by atoms with Crippen molar-refractivity contribution in [3.8, 4) is 0 Å². The Labute approximate surface area is 184 Å². The van der Waals surface area contributed by atoms with Gasteiger partial charge in [-0.3, -0.25) is 9.59 Å². The van der Waals surface area contributed by atoms with Gasteiger partial charge in [0, 0.05) is 37.6 Å². The Morgan fingerprint density at radius 2 is 1.81 bits per heavy atom. The van der Waals surface area contributed by atoms with Crippen molar-refractivity contribution < 1.29 is 22.8 Å². The van der Waals surface area contributed by atoms with Crippen molar-refractivity contribution in [2.75, 3.05) is 25.0 Å². The molecule has 2 aliphatic rings. The molecular formula is C24H24F3N3O2. The smallest absolute Gasteiger partial charge is 0.355 e. The molecule has 1 saturated heterocycles. The number of carbonyl (C=O) groups excluding carboxylic acids is 2. The van der Waals surface area contributed by atoms with Gasteiger partial charge in [0.1, 0.15) is 0 Å². The first-order valence-electron chi connectivity index (χ1n) is 10.5. The van der Waals surface area contributed by atoms with E-state index in [9.17, 15) is 22.8 Å². The first-order chi connectivity index (χ1) is 15.3. The van der Waals surface area contributed by atoms with Crippen LogP contribution in [0.3, 0.4) is 0 Å². The van der Waals surface area contributed by atoms with Gasteiger partial charge in [0.05, 0.1) is 11.5 Å². The van der Waals surface area contributed by atoms with E-state index in [0.29, 0.717) is 44.7 Å². The first-order valence-corrected chi connectivity index (χ1v) is 10.5. The number of hydrogen-bond donors (Lipinski definition) is 1. The van der Waals surface area contributed by atoms with Crippen LogP contribution >= 0.6 is 0 Å². The molecule has 0 radical (unpaired) electrons. The highest BCUT2D eigenvalue weighted by atomic mass is 19.4. The summed E-state index contributed by atoms with van der Waals surface area (Å²) in [6, 6.07) is 10.7. The molecule has 2 amide bonds. The number of anilines is 2. The molecule has 0 bridgehead atoms. The summed E-state index contributed by atoms with van der Waals surface area (Å²) in [7, 11) is 0. The summed E-state index contributed by atoms with van der Waals surface area (Å²) < 4.78 is 38.4. The van der Waals surface area contributed by atoms with E-state index < -0.39 is 11.7 Å². The molecule has 1 atom stereocenters. The summed E-state index contributed by atoms with van der Waals surface area (Å²) in [6.45, 7) is 5.52. The van der Waals surface area contributed by atoms with Crippen molar-refractivity contribution in [2.24, 2.45) is 5.92 Å². The summed E-state index contributed by atoms with van der Waals surface area (Å²) >= 11 is 0. The first kappa shape index (κ1) is 21.9. The van der Waals surface area contributed by atoms with Crippen LogP contribution in [-0.4, -0.2) is 41.2 Å². The minimum atomic E-state index is -4.37. The standard InChI is InChI=1S/C24H24F3N3O2/c1-2-22(31)29-12-10-17(15-29)23(32)30-13-11-20-16(14-30)4-3-5-21(20)28-19-8-6-18(7-9-19)24(25,26)27/h2-9,17,28H,1,10-15H2. The topological polar surface area (TPSA) is 52.7 Å². The van der Waals surface area contributed by atoms with Crippen molar-refractivity contribution in [1.82, 2.24) is 9.80 Å². The van der Waals surface area contributed by atoms with Crippen LogP contribution < -0.4 is 5.32 Å². The lowest BCUT2D eigenvalue weighted by atomic mass is 9.96. The van der Waals surface area contributed by atoms with Gasteiger partial charge in [-0.1, -0.05) is 18.7 Å². The molecule has 2 heterocycles. The van der Waals surface area contributed by atoms with Crippen LogP contribution in [0.4, 0.5) is 24.5 Å². The Morgan fingerprint density at radius 1 is 1.06 bits per heavy atom. The zero-order valence-electron chi connectivity index (χ0n) is 17.5. The Hall–Kier alpha value is -3.29. The quantitative estimate of drug-likeness (QED) is 0.714. The highest BCUT2D eigenvalue weighted by Crippen LogP contribution is 2.33. The van der Waals surface area contributed by atoms with Gasteiger partial charge in [-0.25, -0.2) is 0 Å². The number of carbonyl (C=O) groups is 2. The number of benzene rings is 2. The predicted octanol–water partition coefficient (Wildman–Crippen LogP) is 4.37. The molecule has 32 heavy (non-hydrogen) atoms. The third-order valence-electron chi connectivity index (χ3n) is 6.09. The second kappa shape index (κ2) is 8.68. The maximum absolute atomic E-state index is 13.0. The molecule has 4 rings (SSSR count). The van der Waals surface area contributed by atoms with Gasteiger partial charge in [0.2, 0.25) is 11.8 Å². The van der Waals surface area contributed by atoms with Crippen molar-refractivity contribution in [3.63, 3.8) is 0 Å². The van der Waals surface area contributed by atoms with Gasteiger partial charge in [-0.2, -0.15) is 13.2 Å². The molecule has 2 aromatic carbocycles. The average molecular weight is 443 g/mol. The molecule has 8 heteroatoms. The van der Waals surface area contributed by atoms with Crippen LogP contribution in [-0.2, 0) is 28.7 Å². The number of amides is 2. The van der Waals surface area contributed by atoms with E-state index in [1.807, 2.05) is 23.1 Å². The summed E-state index contributed by atoms with van der Waals surface area (Å²) in [4.78, 5) is 28.3. The molecule has 2 aliphatic heterocycles. The van der Waals surface area contributed by atoms with E-state index in [1.54, 1.807) is 4.90 Å². The second-order valence-corrected chi connectivity index (χ2v) is 8.13. The molecule has 0 saturated carbocycles. The average Bonchev–Trinajstić information content (AvgIpc) is 3.28. The Kier molecular flexibility index (Phi) is 5.95. The Balaban J connectivity index is 1.44. The van der Waals surface area contributed by atoms with E-state index >= 15 is 0 Å². The SMILES string of the molecule is C=CC(=O)N1CCC(C(=O)N2CCc3c(cccc3Nc3ccc(C(F)(F)F)cc3)C2)C1. The highest BCUT2D eigenvalue weighted by Gasteiger charge is 2.34. The van der Waals surface area contributed by atoms with E-state index in [-0.39, 0.29) is 17.7 Å². The van der Waals surface area contributed by atoms with Gasteiger partial charge in [-0.05, 0) is 60.4 Å². The Bertz CT molecular complexity index is 1030. The molecule has 168 valence electrons. The summed E-state index contributed by atoms with van der Waals surface area (Å²) in [5.41, 5.74) is 2.79. The Morgan fingerprint density at radius 3 is 2.50 bits per heavy atom. The highest BCUT2D eigenvalue weighted by molar-refractivity contribution is 5.88. The number of nitrogens with one attached hydrogen (secondary N) is 1. The lowest BCUT2D eigenvalue weighted by Gasteiger charge is -2.32.